The molecule has 0 aliphatic carbocycles. The predicted molar refractivity (Wildman–Crippen MR) is 38.4 cm³/mol. The Balaban J connectivity index is 3.77. The number of nitrogens with one attached hydrogen (secondary N) is 1. The van der Waals surface area contributed by atoms with Crippen LogP contribution in [-0.2, 0) is 0 Å². The van der Waals surface area contributed by atoms with Gasteiger partial charge in [0.1, 0.15) is 0 Å². The third kappa shape index (κ3) is 4.24. The van der Waals surface area contributed by atoms with Crippen molar-refractivity contribution in [3.8, 4) is 0 Å². The predicted octanol–water partition coefficient (Wildman–Crippen LogP) is 2.18. The van der Waals surface area contributed by atoms with Gasteiger partial charge < -0.3 is 5.32 Å². The highest BCUT2D eigenvalue weighted by Crippen LogP contribution is 2.28. The first-order valence-corrected chi connectivity index (χ1v) is 3.62. The maximum Gasteiger partial charge on any atom is 0.391 e. The molecule has 0 aromatic rings. The monoisotopic (exact) mass is 169 g/mol. The lowest BCUT2D eigenvalue weighted by Gasteiger charge is -2.19. The van der Waals surface area contributed by atoms with Gasteiger partial charge in [-0.2, -0.15) is 13.2 Å². The van der Waals surface area contributed by atoms with Crippen molar-refractivity contribution in [3.05, 3.63) is 0 Å². The van der Waals surface area contributed by atoms with Gasteiger partial charge in [-0.3, -0.25) is 0 Å². The summed E-state index contributed by atoms with van der Waals surface area (Å²) in [5.74, 6) is -1.22. The van der Waals surface area contributed by atoms with Gasteiger partial charge >= 0.3 is 6.18 Å². The summed E-state index contributed by atoms with van der Waals surface area (Å²) in [6, 6.07) is -0.0772. The second-order valence-corrected chi connectivity index (χ2v) is 2.87. The molecule has 0 aromatic heterocycles. The zero-order valence-electron chi connectivity index (χ0n) is 7.00. The lowest BCUT2D eigenvalue weighted by atomic mass is 10.0. The molecular weight excluding hydrogens is 155 g/mol. The Labute approximate surface area is 65.0 Å². The van der Waals surface area contributed by atoms with Crippen molar-refractivity contribution in [1.82, 2.24) is 5.32 Å². The fourth-order valence-electron chi connectivity index (χ4n) is 0.782. The third-order valence-electron chi connectivity index (χ3n) is 1.76. The maximum atomic E-state index is 11.9. The highest BCUT2D eigenvalue weighted by atomic mass is 19.4. The zero-order valence-corrected chi connectivity index (χ0v) is 7.00. The number of hydrogen-bond acceptors (Lipinski definition) is 1. The van der Waals surface area contributed by atoms with Gasteiger partial charge in [0, 0.05) is 6.04 Å². The number of alkyl halides is 3. The van der Waals surface area contributed by atoms with E-state index in [1.807, 2.05) is 0 Å². The maximum absolute atomic E-state index is 11.9. The molecule has 0 spiro atoms. The Kier molecular flexibility index (Phi) is 3.86. The van der Waals surface area contributed by atoms with Gasteiger partial charge in [-0.1, -0.05) is 6.92 Å². The van der Waals surface area contributed by atoms with Crippen molar-refractivity contribution < 1.29 is 13.2 Å². The summed E-state index contributed by atoms with van der Waals surface area (Å²) >= 11 is 0. The molecule has 11 heavy (non-hydrogen) atoms. The first-order valence-electron chi connectivity index (χ1n) is 3.62. The van der Waals surface area contributed by atoms with Crippen molar-refractivity contribution >= 4 is 0 Å². The van der Waals surface area contributed by atoms with Crippen LogP contribution in [0.3, 0.4) is 0 Å². The van der Waals surface area contributed by atoms with Crippen LogP contribution in [0, 0.1) is 5.92 Å². The van der Waals surface area contributed by atoms with E-state index in [1.54, 1.807) is 14.0 Å². The molecular formula is C7H14F3N. The van der Waals surface area contributed by atoms with Crippen LogP contribution in [0.25, 0.3) is 0 Å². The average Bonchev–Trinajstić information content (AvgIpc) is 1.85. The van der Waals surface area contributed by atoms with E-state index in [2.05, 4.69) is 5.32 Å². The molecule has 2 atom stereocenters. The Morgan fingerprint density at radius 3 is 2.00 bits per heavy atom. The minimum absolute atomic E-state index is 0.0772. The standard InChI is InChI=1S/C7H14F3N/c1-5(7(8,9)10)4-6(2)11-3/h5-6,11H,4H2,1-3H3. The van der Waals surface area contributed by atoms with Gasteiger partial charge in [0.25, 0.3) is 0 Å². The van der Waals surface area contributed by atoms with Gasteiger partial charge in [0.15, 0.2) is 0 Å². The fourth-order valence-corrected chi connectivity index (χ4v) is 0.782. The van der Waals surface area contributed by atoms with Crippen molar-refractivity contribution in [2.75, 3.05) is 7.05 Å². The van der Waals surface area contributed by atoms with Crippen LogP contribution in [-0.4, -0.2) is 19.3 Å². The minimum Gasteiger partial charge on any atom is -0.317 e. The summed E-state index contributed by atoms with van der Waals surface area (Å²) in [6.45, 7) is 2.94. The third-order valence-corrected chi connectivity index (χ3v) is 1.76. The van der Waals surface area contributed by atoms with Crippen LogP contribution >= 0.6 is 0 Å². The molecule has 0 amide bonds. The van der Waals surface area contributed by atoms with E-state index in [-0.39, 0.29) is 12.5 Å². The van der Waals surface area contributed by atoms with Crippen LogP contribution in [0.15, 0.2) is 0 Å². The van der Waals surface area contributed by atoms with Gasteiger partial charge in [-0.15, -0.1) is 0 Å². The van der Waals surface area contributed by atoms with E-state index in [0.29, 0.717) is 0 Å². The zero-order chi connectivity index (χ0) is 9.07. The lowest BCUT2D eigenvalue weighted by Crippen LogP contribution is -2.29. The summed E-state index contributed by atoms with van der Waals surface area (Å²) in [7, 11) is 1.66. The Bertz CT molecular complexity index is 111. The molecule has 0 saturated carbocycles. The van der Waals surface area contributed by atoms with Crippen molar-refractivity contribution in [1.29, 1.82) is 0 Å². The largest absolute Gasteiger partial charge is 0.391 e. The van der Waals surface area contributed by atoms with Crippen molar-refractivity contribution in [2.45, 2.75) is 32.5 Å². The molecule has 0 aromatic carbocycles. The normalized spacial score (nSPS) is 18.0. The van der Waals surface area contributed by atoms with Gasteiger partial charge in [-0.25, -0.2) is 0 Å². The molecule has 1 N–H and O–H groups in total. The lowest BCUT2D eigenvalue weighted by molar-refractivity contribution is -0.172. The molecule has 0 fully saturated rings. The molecule has 1 nitrogen and oxygen atoms in total. The second kappa shape index (κ2) is 3.95. The summed E-state index contributed by atoms with van der Waals surface area (Å²) < 4.78 is 35.8. The quantitative estimate of drug-likeness (QED) is 0.682. The molecule has 4 heteroatoms. The summed E-state index contributed by atoms with van der Waals surface area (Å²) in [5.41, 5.74) is 0. The minimum atomic E-state index is -4.05. The Hall–Kier alpha value is -0.250. The molecule has 0 heterocycles. The van der Waals surface area contributed by atoms with Crippen LogP contribution in [0.5, 0.6) is 0 Å². The van der Waals surface area contributed by atoms with Crippen LogP contribution in [0.2, 0.25) is 0 Å². The van der Waals surface area contributed by atoms with Crippen LogP contribution in [0.4, 0.5) is 13.2 Å². The van der Waals surface area contributed by atoms with E-state index in [0.717, 1.165) is 0 Å². The first kappa shape index (κ1) is 10.8. The molecule has 68 valence electrons. The van der Waals surface area contributed by atoms with Crippen LogP contribution in [0.1, 0.15) is 20.3 Å². The van der Waals surface area contributed by atoms with Crippen molar-refractivity contribution in [3.63, 3.8) is 0 Å². The molecule has 0 aliphatic rings. The van der Waals surface area contributed by atoms with Gasteiger partial charge in [0.05, 0.1) is 5.92 Å². The second-order valence-electron chi connectivity index (χ2n) is 2.87. The first-order chi connectivity index (χ1) is 4.88. The molecule has 0 aliphatic heterocycles. The van der Waals surface area contributed by atoms with Crippen molar-refractivity contribution in [2.24, 2.45) is 5.92 Å². The molecule has 0 bridgehead atoms. The van der Waals surface area contributed by atoms with Crippen LogP contribution < -0.4 is 5.32 Å². The highest BCUT2D eigenvalue weighted by molar-refractivity contribution is 4.68. The summed E-state index contributed by atoms with van der Waals surface area (Å²) in [4.78, 5) is 0. The summed E-state index contributed by atoms with van der Waals surface area (Å²) in [5, 5.41) is 2.77. The number of rotatable bonds is 3. The molecule has 0 rings (SSSR count). The van der Waals surface area contributed by atoms with Gasteiger partial charge in [-0.05, 0) is 20.4 Å². The average molecular weight is 169 g/mol. The Morgan fingerprint density at radius 2 is 1.73 bits per heavy atom. The topological polar surface area (TPSA) is 12.0 Å². The van der Waals surface area contributed by atoms with Gasteiger partial charge in [0.2, 0.25) is 0 Å². The van der Waals surface area contributed by atoms with E-state index in [1.165, 1.54) is 6.92 Å². The molecule has 0 radical (unpaired) electrons. The van der Waals surface area contributed by atoms with E-state index in [4.69, 9.17) is 0 Å². The van der Waals surface area contributed by atoms with E-state index < -0.39 is 12.1 Å². The fraction of sp³-hybridized carbons (Fsp3) is 1.00. The smallest absolute Gasteiger partial charge is 0.317 e. The summed E-state index contributed by atoms with van der Waals surface area (Å²) in [6.07, 6.45) is -3.91. The highest BCUT2D eigenvalue weighted by Gasteiger charge is 2.36. The Morgan fingerprint density at radius 1 is 1.27 bits per heavy atom. The van der Waals surface area contributed by atoms with E-state index in [9.17, 15) is 13.2 Å². The number of halogens is 3. The number of hydrogen-bond donors (Lipinski definition) is 1. The SMILES string of the molecule is CNC(C)CC(C)C(F)(F)F. The molecule has 2 unspecified atom stereocenters. The van der Waals surface area contributed by atoms with E-state index >= 15 is 0 Å². The molecule has 0 saturated heterocycles.